The monoisotopic (exact) mass is 627 g/mol. The number of anilines is 1. The quantitative estimate of drug-likeness (QED) is 0.275. The van der Waals surface area contributed by atoms with Crippen LogP contribution in [0.25, 0.3) is 0 Å². The third-order valence-corrected chi connectivity index (χ3v) is 8.54. The number of nitrogens with one attached hydrogen (secondary N) is 1. The van der Waals surface area contributed by atoms with Gasteiger partial charge < -0.3 is 10.2 Å². The average Bonchev–Trinajstić information content (AvgIpc) is 2.91. The minimum absolute atomic E-state index is 0.0953. The van der Waals surface area contributed by atoms with Crippen LogP contribution >= 0.6 is 15.9 Å². The van der Waals surface area contributed by atoms with Crippen LogP contribution in [0, 0.1) is 13.8 Å². The summed E-state index contributed by atoms with van der Waals surface area (Å²) in [6.45, 7) is 6.63. The molecule has 0 saturated heterocycles. The maximum atomic E-state index is 13.8. The van der Waals surface area contributed by atoms with E-state index in [1.165, 1.54) is 10.6 Å². The smallest absolute Gasteiger partial charge is 0.243 e. The third kappa shape index (κ3) is 8.93. The Morgan fingerprint density at radius 1 is 0.925 bits per heavy atom. The fourth-order valence-corrected chi connectivity index (χ4v) is 5.74. The molecule has 0 aliphatic rings. The molecule has 0 aliphatic heterocycles. The van der Waals surface area contributed by atoms with Gasteiger partial charge in [-0.3, -0.25) is 13.9 Å². The van der Waals surface area contributed by atoms with Crippen LogP contribution in [-0.2, 0) is 32.6 Å². The normalized spacial score (nSPS) is 12.0. The Kier molecular flexibility index (Phi) is 11.3. The van der Waals surface area contributed by atoms with E-state index in [4.69, 9.17) is 0 Å². The number of benzene rings is 3. The standard InChI is InChI=1S/C31H38BrN3O4S/c1-5-33-31(37)29(21-25-10-7-6-8-11-25)34(22-26-14-16-27(32)17-15-26)30(36)12-9-19-35(40(4,38)39)28-18-13-23(2)24(3)20-28/h6-8,10-11,13-18,20,29H,5,9,12,19,21-22H2,1-4H3,(H,33,37)/t29-/m1/s1. The van der Waals surface area contributed by atoms with E-state index in [9.17, 15) is 18.0 Å². The predicted molar refractivity (Wildman–Crippen MR) is 165 cm³/mol. The molecule has 0 saturated carbocycles. The van der Waals surface area contributed by atoms with Crippen molar-refractivity contribution in [2.24, 2.45) is 0 Å². The number of hydrogen-bond donors (Lipinski definition) is 1. The van der Waals surface area contributed by atoms with Crippen molar-refractivity contribution in [1.29, 1.82) is 0 Å². The summed E-state index contributed by atoms with van der Waals surface area (Å²) in [7, 11) is -3.56. The fourth-order valence-electron chi connectivity index (χ4n) is 4.52. The first-order chi connectivity index (χ1) is 19.0. The molecule has 0 radical (unpaired) electrons. The first kappa shape index (κ1) is 31.4. The number of halogens is 1. The Morgan fingerprint density at radius 2 is 1.60 bits per heavy atom. The Balaban J connectivity index is 1.86. The summed E-state index contributed by atoms with van der Waals surface area (Å²) in [5.74, 6) is -0.423. The molecule has 214 valence electrons. The van der Waals surface area contributed by atoms with E-state index in [-0.39, 0.29) is 31.3 Å². The van der Waals surface area contributed by atoms with Gasteiger partial charge in [0.15, 0.2) is 0 Å². The number of sulfonamides is 1. The zero-order valence-corrected chi connectivity index (χ0v) is 26.0. The molecule has 0 aliphatic carbocycles. The summed E-state index contributed by atoms with van der Waals surface area (Å²) in [6, 6.07) is 22.1. The van der Waals surface area contributed by atoms with Gasteiger partial charge in [0.25, 0.3) is 0 Å². The molecule has 0 fully saturated rings. The number of nitrogens with zero attached hydrogens (tertiary/aromatic N) is 2. The minimum Gasteiger partial charge on any atom is -0.355 e. The molecule has 0 bridgehead atoms. The van der Waals surface area contributed by atoms with Crippen LogP contribution < -0.4 is 9.62 Å². The lowest BCUT2D eigenvalue weighted by molar-refractivity contribution is -0.141. The second kappa shape index (κ2) is 14.5. The number of rotatable bonds is 13. The summed E-state index contributed by atoms with van der Waals surface area (Å²) < 4.78 is 27.6. The van der Waals surface area contributed by atoms with Crippen molar-refractivity contribution in [3.8, 4) is 0 Å². The Bertz CT molecular complexity index is 1400. The van der Waals surface area contributed by atoms with Gasteiger partial charge >= 0.3 is 0 Å². The Labute approximate surface area is 246 Å². The van der Waals surface area contributed by atoms with Crippen molar-refractivity contribution >= 4 is 43.5 Å². The predicted octanol–water partition coefficient (Wildman–Crippen LogP) is 5.39. The lowest BCUT2D eigenvalue weighted by Gasteiger charge is -2.32. The van der Waals surface area contributed by atoms with E-state index >= 15 is 0 Å². The van der Waals surface area contributed by atoms with Crippen molar-refractivity contribution in [3.63, 3.8) is 0 Å². The van der Waals surface area contributed by atoms with Gasteiger partial charge in [-0.15, -0.1) is 0 Å². The highest BCUT2D eigenvalue weighted by Gasteiger charge is 2.30. The second-order valence-corrected chi connectivity index (χ2v) is 12.8. The molecule has 3 rings (SSSR count). The number of carbonyl (C=O) groups excluding carboxylic acids is 2. The van der Waals surface area contributed by atoms with E-state index < -0.39 is 16.1 Å². The maximum absolute atomic E-state index is 13.8. The summed E-state index contributed by atoms with van der Waals surface area (Å²) >= 11 is 3.45. The number of carbonyl (C=O) groups is 2. The maximum Gasteiger partial charge on any atom is 0.243 e. The Hall–Kier alpha value is -3.17. The summed E-state index contributed by atoms with van der Waals surface area (Å²) in [6.07, 6.45) is 1.95. The lowest BCUT2D eigenvalue weighted by Crippen LogP contribution is -2.50. The number of hydrogen-bond acceptors (Lipinski definition) is 4. The fraction of sp³-hybridized carbons (Fsp3) is 0.355. The molecular formula is C31H38BrN3O4S. The van der Waals surface area contributed by atoms with Crippen molar-refractivity contribution in [2.45, 2.75) is 52.6 Å². The molecule has 0 aromatic heterocycles. The summed E-state index contributed by atoms with van der Waals surface area (Å²) in [4.78, 5) is 28.7. The third-order valence-electron chi connectivity index (χ3n) is 6.82. The molecule has 0 heterocycles. The SMILES string of the molecule is CCNC(=O)[C@@H](Cc1ccccc1)N(Cc1ccc(Br)cc1)C(=O)CCCN(c1ccc(C)c(C)c1)S(C)(=O)=O. The van der Waals surface area contributed by atoms with Gasteiger partial charge in [-0.2, -0.15) is 0 Å². The van der Waals surface area contributed by atoms with Crippen LogP contribution in [0.5, 0.6) is 0 Å². The van der Waals surface area contributed by atoms with Gasteiger partial charge in [0.2, 0.25) is 21.8 Å². The van der Waals surface area contributed by atoms with Crippen molar-refractivity contribution in [3.05, 3.63) is 99.5 Å². The zero-order chi connectivity index (χ0) is 29.3. The largest absolute Gasteiger partial charge is 0.355 e. The van der Waals surface area contributed by atoms with E-state index in [2.05, 4.69) is 21.2 Å². The molecule has 2 amide bonds. The van der Waals surface area contributed by atoms with E-state index in [0.29, 0.717) is 25.1 Å². The average molecular weight is 629 g/mol. The molecule has 1 N–H and O–H groups in total. The van der Waals surface area contributed by atoms with Gasteiger partial charge in [-0.25, -0.2) is 8.42 Å². The molecule has 40 heavy (non-hydrogen) atoms. The zero-order valence-electron chi connectivity index (χ0n) is 23.6. The van der Waals surface area contributed by atoms with E-state index in [1.54, 1.807) is 11.0 Å². The molecular weight excluding hydrogens is 590 g/mol. The van der Waals surface area contributed by atoms with Gasteiger partial charge in [0, 0.05) is 36.9 Å². The topological polar surface area (TPSA) is 86.8 Å². The van der Waals surface area contributed by atoms with E-state index in [1.807, 2.05) is 87.5 Å². The first-order valence-corrected chi connectivity index (χ1v) is 16.0. The van der Waals surface area contributed by atoms with Crippen LogP contribution in [0.15, 0.2) is 77.3 Å². The highest BCUT2D eigenvalue weighted by atomic mass is 79.9. The minimum atomic E-state index is -3.56. The number of likely N-dealkylation sites (N-methyl/N-ethyl adjacent to an activating group) is 1. The van der Waals surface area contributed by atoms with E-state index in [0.717, 1.165) is 26.7 Å². The molecule has 0 spiro atoms. The van der Waals surface area contributed by atoms with Crippen molar-refractivity contribution in [1.82, 2.24) is 10.2 Å². The van der Waals surface area contributed by atoms with Crippen LogP contribution in [0.3, 0.4) is 0 Å². The molecule has 7 nitrogen and oxygen atoms in total. The second-order valence-electron chi connectivity index (χ2n) is 9.96. The number of amides is 2. The molecule has 3 aromatic carbocycles. The first-order valence-electron chi connectivity index (χ1n) is 13.4. The Morgan fingerprint density at radius 3 is 2.20 bits per heavy atom. The molecule has 3 aromatic rings. The molecule has 1 atom stereocenters. The van der Waals surface area contributed by atoms with Gasteiger partial charge in [-0.1, -0.05) is 64.5 Å². The van der Waals surface area contributed by atoms with Crippen LogP contribution in [0.2, 0.25) is 0 Å². The molecule has 0 unspecified atom stereocenters. The van der Waals surface area contributed by atoms with Crippen molar-refractivity contribution in [2.75, 3.05) is 23.7 Å². The van der Waals surface area contributed by atoms with Crippen molar-refractivity contribution < 1.29 is 18.0 Å². The highest BCUT2D eigenvalue weighted by Crippen LogP contribution is 2.23. The summed E-state index contributed by atoms with van der Waals surface area (Å²) in [5, 5.41) is 2.89. The highest BCUT2D eigenvalue weighted by molar-refractivity contribution is 9.10. The van der Waals surface area contributed by atoms with Gasteiger partial charge in [0.1, 0.15) is 6.04 Å². The van der Waals surface area contributed by atoms with Crippen LogP contribution in [0.1, 0.15) is 42.0 Å². The van der Waals surface area contributed by atoms with Crippen LogP contribution in [0.4, 0.5) is 5.69 Å². The summed E-state index contributed by atoms with van der Waals surface area (Å²) in [5.41, 5.74) is 4.49. The lowest BCUT2D eigenvalue weighted by atomic mass is 10.0. The van der Waals surface area contributed by atoms with Gasteiger partial charge in [0.05, 0.1) is 11.9 Å². The van der Waals surface area contributed by atoms with Crippen LogP contribution in [-0.4, -0.2) is 50.5 Å². The van der Waals surface area contributed by atoms with Gasteiger partial charge in [-0.05, 0) is 73.7 Å². The molecule has 9 heteroatoms. The number of aryl methyl sites for hydroxylation is 2.